The molecule has 6 heteroatoms. The van der Waals surface area contributed by atoms with E-state index < -0.39 is 23.4 Å². The van der Waals surface area contributed by atoms with Crippen molar-refractivity contribution < 1.29 is 22.7 Å². The second-order valence-electron chi connectivity index (χ2n) is 4.32. The number of hydrogen-bond acceptors (Lipinski definition) is 2. The van der Waals surface area contributed by atoms with Crippen LogP contribution in [0.3, 0.4) is 0 Å². The first-order valence-corrected chi connectivity index (χ1v) is 6.00. The minimum Gasteiger partial charge on any atom is -0.497 e. The Labute approximate surface area is 119 Å². The van der Waals surface area contributed by atoms with E-state index in [0.717, 1.165) is 0 Å². The second kappa shape index (κ2) is 5.87. The molecule has 0 atom stereocenters. The van der Waals surface area contributed by atoms with Gasteiger partial charge in [-0.1, -0.05) is 0 Å². The van der Waals surface area contributed by atoms with Crippen LogP contribution in [0.25, 0.3) is 0 Å². The van der Waals surface area contributed by atoms with Crippen molar-refractivity contribution in [1.82, 2.24) is 0 Å². The Morgan fingerprint density at radius 3 is 2.05 bits per heavy atom. The number of methoxy groups -OCH3 is 1. The molecule has 0 unspecified atom stereocenters. The van der Waals surface area contributed by atoms with Gasteiger partial charge in [-0.3, -0.25) is 4.79 Å². The summed E-state index contributed by atoms with van der Waals surface area (Å²) in [6.45, 7) is 0. The first kappa shape index (κ1) is 14.9. The summed E-state index contributed by atoms with van der Waals surface area (Å²) in [5, 5.41) is 0. The molecule has 0 radical (unpaired) electrons. The normalized spacial score (nSPS) is 10.3. The number of carbonyl (C=O) groups excluding carboxylic acids is 1. The molecule has 0 aliphatic carbocycles. The van der Waals surface area contributed by atoms with Gasteiger partial charge in [0.15, 0.2) is 17.5 Å². The van der Waals surface area contributed by atoms with Crippen LogP contribution in [0.15, 0.2) is 36.4 Å². The molecule has 0 spiro atoms. The fourth-order valence-corrected chi connectivity index (χ4v) is 1.80. The molecular formula is C15H12F3NO2. The molecular weight excluding hydrogens is 283 g/mol. The zero-order valence-electron chi connectivity index (χ0n) is 11.4. The Morgan fingerprint density at radius 1 is 1.05 bits per heavy atom. The number of hydrogen-bond donors (Lipinski definition) is 0. The van der Waals surface area contributed by atoms with Gasteiger partial charge < -0.3 is 9.64 Å². The molecule has 0 bridgehead atoms. The Hall–Kier alpha value is -2.50. The van der Waals surface area contributed by atoms with E-state index in [9.17, 15) is 18.0 Å². The molecule has 0 aliphatic heterocycles. The smallest absolute Gasteiger partial charge is 0.258 e. The van der Waals surface area contributed by atoms with Crippen LogP contribution >= 0.6 is 0 Å². The standard InChI is InChI=1S/C15H12F3NO2/c1-19(10-3-5-11(21-2)6-4-10)15(20)9-7-12(16)14(18)13(17)8-9/h3-8H,1-2H3. The minimum atomic E-state index is -1.60. The molecule has 3 nitrogen and oxygen atoms in total. The van der Waals surface area contributed by atoms with E-state index >= 15 is 0 Å². The molecule has 0 aliphatic rings. The lowest BCUT2D eigenvalue weighted by Gasteiger charge is -2.18. The van der Waals surface area contributed by atoms with E-state index in [4.69, 9.17) is 4.74 Å². The molecule has 0 heterocycles. The van der Waals surface area contributed by atoms with Crippen LogP contribution in [0.4, 0.5) is 18.9 Å². The Balaban J connectivity index is 2.30. The van der Waals surface area contributed by atoms with E-state index in [0.29, 0.717) is 23.6 Å². The van der Waals surface area contributed by atoms with Gasteiger partial charge >= 0.3 is 0 Å². The zero-order chi connectivity index (χ0) is 15.6. The molecule has 2 aromatic carbocycles. The third-order valence-corrected chi connectivity index (χ3v) is 3.00. The van der Waals surface area contributed by atoms with Gasteiger partial charge in [-0.2, -0.15) is 0 Å². The van der Waals surface area contributed by atoms with Crippen molar-refractivity contribution in [3.8, 4) is 5.75 Å². The predicted molar refractivity (Wildman–Crippen MR) is 72.0 cm³/mol. The molecule has 2 rings (SSSR count). The van der Waals surface area contributed by atoms with Crippen molar-refractivity contribution in [2.45, 2.75) is 0 Å². The zero-order valence-corrected chi connectivity index (χ0v) is 11.4. The molecule has 110 valence electrons. The summed E-state index contributed by atoms with van der Waals surface area (Å²) in [5.74, 6) is -4.45. The van der Waals surface area contributed by atoms with Gasteiger partial charge in [0, 0.05) is 18.3 Å². The van der Waals surface area contributed by atoms with Crippen LogP contribution in [0.1, 0.15) is 10.4 Å². The highest BCUT2D eigenvalue weighted by Gasteiger charge is 2.18. The second-order valence-corrected chi connectivity index (χ2v) is 4.32. The van der Waals surface area contributed by atoms with Gasteiger partial charge in [0.25, 0.3) is 5.91 Å². The van der Waals surface area contributed by atoms with Crippen molar-refractivity contribution in [2.24, 2.45) is 0 Å². The molecule has 0 aromatic heterocycles. The molecule has 0 N–H and O–H groups in total. The van der Waals surface area contributed by atoms with Gasteiger partial charge in [0.2, 0.25) is 0 Å². The summed E-state index contributed by atoms with van der Waals surface area (Å²) >= 11 is 0. The molecule has 0 fully saturated rings. The number of amides is 1. The first-order chi connectivity index (χ1) is 9.93. The molecule has 0 saturated heterocycles. The summed E-state index contributed by atoms with van der Waals surface area (Å²) < 4.78 is 44.2. The van der Waals surface area contributed by atoms with Crippen molar-refractivity contribution in [2.75, 3.05) is 19.1 Å². The van der Waals surface area contributed by atoms with Gasteiger partial charge in [0.05, 0.1) is 7.11 Å². The molecule has 0 saturated carbocycles. The van der Waals surface area contributed by atoms with Crippen LogP contribution in [-0.4, -0.2) is 20.1 Å². The van der Waals surface area contributed by atoms with Crippen LogP contribution in [0.5, 0.6) is 5.75 Å². The average Bonchev–Trinajstić information content (AvgIpc) is 2.50. The van der Waals surface area contributed by atoms with Crippen LogP contribution in [-0.2, 0) is 0 Å². The summed E-state index contributed by atoms with van der Waals surface area (Å²) in [4.78, 5) is 13.4. The van der Waals surface area contributed by atoms with Crippen molar-refractivity contribution in [3.63, 3.8) is 0 Å². The highest BCUT2D eigenvalue weighted by molar-refractivity contribution is 6.05. The summed E-state index contributed by atoms with van der Waals surface area (Å²) in [6.07, 6.45) is 0. The van der Waals surface area contributed by atoms with E-state index in [1.165, 1.54) is 19.1 Å². The van der Waals surface area contributed by atoms with E-state index in [2.05, 4.69) is 0 Å². The Morgan fingerprint density at radius 2 is 1.57 bits per heavy atom. The lowest BCUT2D eigenvalue weighted by molar-refractivity contribution is 0.0992. The average molecular weight is 295 g/mol. The van der Waals surface area contributed by atoms with Crippen molar-refractivity contribution >= 4 is 11.6 Å². The van der Waals surface area contributed by atoms with Crippen LogP contribution in [0.2, 0.25) is 0 Å². The topological polar surface area (TPSA) is 29.5 Å². The molecule has 21 heavy (non-hydrogen) atoms. The minimum absolute atomic E-state index is 0.273. The van der Waals surface area contributed by atoms with Crippen molar-refractivity contribution in [3.05, 3.63) is 59.4 Å². The molecule has 2 aromatic rings. The van der Waals surface area contributed by atoms with Crippen LogP contribution in [0, 0.1) is 17.5 Å². The maximum Gasteiger partial charge on any atom is 0.258 e. The quantitative estimate of drug-likeness (QED) is 0.812. The fourth-order valence-electron chi connectivity index (χ4n) is 1.80. The van der Waals surface area contributed by atoms with Crippen LogP contribution < -0.4 is 9.64 Å². The lowest BCUT2D eigenvalue weighted by atomic mass is 10.1. The number of rotatable bonds is 3. The number of benzene rings is 2. The number of halogens is 3. The summed E-state index contributed by atoms with van der Waals surface area (Å²) in [6, 6.07) is 7.86. The number of anilines is 1. The summed E-state index contributed by atoms with van der Waals surface area (Å²) in [7, 11) is 2.96. The van der Waals surface area contributed by atoms with E-state index in [-0.39, 0.29) is 5.56 Å². The largest absolute Gasteiger partial charge is 0.497 e. The number of carbonyl (C=O) groups is 1. The van der Waals surface area contributed by atoms with E-state index in [1.54, 1.807) is 24.3 Å². The molecule has 1 amide bonds. The highest BCUT2D eigenvalue weighted by Crippen LogP contribution is 2.21. The van der Waals surface area contributed by atoms with Gasteiger partial charge in [0.1, 0.15) is 5.75 Å². The fraction of sp³-hybridized carbons (Fsp3) is 0.133. The SMILES string of the molecule is COc1ccc(N(C)C(=O)c2cc(F)c(F)c(F)c2)cc1. The van der Waals surface area contributed by atoms with Gasteiger partial charge in [-0.25, -0.2) is 13.2 Å². The van der Waals surface area contributed by atoms with Gasteiger partial charge in [-0.15, -0.1) is 0 Å². The number of nitrogens with zero attached hydrogens (tertiary/aromatic N) is 1. The first-order valence-electron chi connectivity index (χ1n) is 6.00. The summed E-state index contributed by atoms with van der Waals surface area (Å²) in [5.41, 5.74) is 0.232. The van der Waals surface area contributed by atoms with E-state index in [1.807, 2.05) is 0 Å². The predicted octanol–water partition coefficient (Wildman–Crippen LogP) is 3.39. The highest BCUT2D eigenvalue weighted by atomic mass is 19.2. The Bertz CT molecular complexity index is 648. The monoisotopic (exact) mass is 295 g/mol. The van der Waals surface area contributed by atoms with Gasteiger partial charge in [-0.05, 0) is 36.4 Å². The maximum atomic E-state index is 13.2. The lowest BCUT2D eigenvalue weighted by Crippen LogP contribution is -2.26. The Kier molecular flexibility index (Phi) is 4.16. The van der Waals surface area contributed by atoms with Crippen molar-refractivity contribution in [1.29, 1.82) is 0 Å². The third-order valence-electron chi connectivity index (χ3n) is 3.00. The third kappa shape index (κ3) is 2.99. The number of ether oxygens (including phenoxy) is 1. The maximum absolute atomic E-state index is 13.2.